The van der Waals surface area contributed by atoms with Crippen LogP contribution in [0.25, 0.3) is 0 Å². The van der Waals surface area contributed by atoms with E-state index >= 15 is 0 Å². The number of likely N-dealkylation sites (tertiary alicyclic amines) is 1. The zero-order valence-electron chi connectivity index (χ0n) is 10.1. The molecule has 16 heavy (non-hydrogen) atoms. The Kier molecular flexibility index (Phi) is 5.25. The largest absolute Gasteiger partial charge is 0.411 e. The van der Waals surface area contributed by atoms with Gasteiger partial charge in [-0.05, 0) is 6.42 Å². The summed E-state index contributed by atoms with van der Waals surface area (Å²) in [7, 11) is 0. The summed E-state index contributed by atoms with van der Waals surface area (Å²) in [5.74, 6) is 0.316. The van der Waals surface area contributed by atoms with Crippen molar-refractivity contribution < 1.29 is 10.0 Å². The van der Waals surface area contributed by atoms with Crippen LogP contribution in [0.5, 0.6) is 0 Å². The molecule has 2 N–H and O–H groups in total. The zero-order valence-corrected chi connectivity index (χ0v) is 10.1. The summed E-state index contributed by atoms with van der Waals surface area (Å²) >= 11 is 0. The Morgan fingerprint density at radius 3 is 3.00 bits per heavy atom. The second-order valence-electron chi connectivity index (χ2n) is 4.33. The lowest BCUT2D eigenvalue weighted by atomic mass is 9.98. The molecule has 0 spiro atoms. The number of hydrogen-bond donors (Lipinski definition) is 2. The fraction of sp³-hybridized carbons (Fsp3) is 0.818. The Morgan fingerprint density at radius 2 is 2.44 bits per heavy atom. The van der Waals surface area contributed by atoms with E-state index in [0.29, 0.717) is 6.54 Å². The van der Waals surface area contributed by atoms with Gasteiger partial charge in [-0.1, -0.05) is 19.0 Å². The molecular formula is C11H21N3O2. The van der Waals surface area contributed by atoms with Gasteiger partial charge in [0, 0.05) is 32.0 Å². The third-order valence-corrected chi connectivity index (χ3v) is 2.85. The number of amides is 1. The van der Waals surface area contributed by atoms with Gasteiger partial charge in [0.15, 0.2) is 0 Å². The number of piperidine rings is 1. The van der Waals surface area contributed by atoms with E-state index in [1.807, 2.05) is 13.8 Å². The molecule has 1 unspecified atom stereocenters. The van der Waals surface area contributed by atoms with E-state index < -0.39 is 0 Å². The van der Waals surface area contributed by atoms with Crippen LogP contribution in [0, 0.1) is 5.92 Å². The van der Waals surface area contributed by atoms with Crippen LogP contribution in [0.1, 0.15) is 26.7 Å². The van der Waals surface area contributed by atoms with E-state index in [0.717, 1.165) is 38.2 Å². The molecule has 1 atom stereocenters. The Morgan fingerprint density at radius 1 is 1.69 bits per heavy atom. The van der Waals surface area contributed by atoms with Crippen molar-refractivity contribution in [1.82, 2.24) is 10.2 Å². The maximum Gasteiger partial charge on any atom is 0.234 e. The molecule has 0 aliphatic carbocycles. The molecule has 1 heterocycles. The van der Waals surface area contributed by atoms with Gasteiger partial charge in [-0.15, -0.1) is 0 Å². The van der Waals surface area contributed by atoms with Gasteiger partial charge in [0.05, 0.1) is 12.3 Å². The van der Waals surface area contributed by atoms with Crippen molar-refractivity contribution in [2.75, 3.05) is 26.2 Å². The molecule has 1 amide bonds. The van der Waals surface area contributed by atoms with E-state index in [-0.39, 0.29) is 11.8 Å². The van der Waals surface area contributed by atoms with Crippen molar-refractivity contribution >= 4 is 11.6 Å². The number of carbonyl (C=O) groups excluding carboxylic acids is 1. The van der Waals surface area contributed by atoms with Gasteiger partial charge < -0.3 is 10.5 Å². The summed E-state index contributed by atoms with van der Waals surface area (Å²) in [6.07, 6.45) is 1.71. The molecule has 1 rings (SSSR count). The maximum atomic E-state index is 11.5. The van der Waals surface area contributed by atoms with Gasteiger partial charge in [-0.25, -0.2) is 0 Å². The normalized spacial score (nSPS) is 24.6. The summed E-state index contributed by atoms with van der Waals surface area (Å²) in [5.41, 5.74) is 0.838. The monoisotopic (exact) mass is 227 g/mol. The molecule has 92 valence electrons. The van der Waals surface area contributed by atoms with Crippen LogP contribution in [0.4, 0.5) is 0 Å². The summed E-state index contributed by atoms with van der Waals surface area (Å²) in [4.78, 5) is 13.6. The first-order chi connectivity index (χ1) is 7.67. The summed E-state index contributed by atoms with van der Waals surface area (Å²) in [6.45, 7) is 6.83. The molecule has 1 saturated heterocycles. The average Bonchev–Trinajstić information content (AvgIpc) is 2.26. The predicted octanol–water partition coefficient (Wildman–Crippen LogP) is 0.685. The Bertz CT molecular complexity index is 266. The molecule has 0 aromatic rings. The standard InChI is InChI=1S/C11H21N3O2/c1-3-5-12-11(15)8-14-6-4-10(13-16)9(2)7-14/h9,16H,3-8H2,1-2H3,(H,12,15). The van der Waals surface area contributed by atoms with E-state index in [1.165, 1.54) is 0 Å². The molecule has 5 heteroatoms. The molecule has 1 fully saturated rings. The molecule has 0 saturated carbocycles. The number of carbonyl (C=O) groups is 1. The van der Waals surface area contributed by atoms with Crippen LogP contribution >= 0.6 is 0 Å². The highest BCUT2D eigenvalue weighted by atomic mass is 16.4. The third-order valence-electron chi connectivity index (χ3n) is 2.85. The lowest BCUT2D eigenvalue weighted by Gasteiger charge is -2.30. The summed E-state index contributed by atoms with van der Waals surface area (Å²) in [5, 5.41) is 14.9. The number of rotatable bonds is 4. The van der Waals surface area contributed by atoms with Gasteiger partial charge in [0.25, 0.3) is 0 Å². The van der Waals surface area contributed by atoms with Crippen molar-refractivity contribution in [1.29, 1.82) is 0 Å². The molecule has 5 nitrogen and oxygen atoms in total. The summed E-state index contributed by atoms with van der Waals surface area (Å²) in [6, 6.07) is 0. The smallest absolute Gasteiger partial charge is 0.234 e. The van der Waals surface area contributed by atoms with Crippen molar-refractivity contribution in [3.63, 3.8) is 0 Å². The quantitative estimate of drug-likeness (QED) is 0.548. The third kappa shape index (κ3) is 3.81. The minimum atomic E-state index is 0.0819. The van der Waals surface area contributed by atoms with E-state index in [2.05, 4.69) is 15.4 Å². The number of oxime groups is 1. The van der Waals surface area contributed by atoms with Crippen molar-refractivity contribution in [3.8, 4) is 0 Å². The molecular weight excluding hydrogens is 206 g/mol. The topological polar surface area (TPSA) is 64.9 Å². The molecule has 1 aliphatic heterocycles. The fourth-order valence-electron chi connectivity index (χ4n) is 1.92. The van der Waals surface area contributed by atoms with E-state index in [1.54, 1.807) is 0 Å². The minimum absolute atomic E-state index is 0.0819. The second-order valence-corrected chi connectivity index (χ2v) is 4.33. The number of hydrogen-bond acceptors (Lipinski definition) is 4. The van der Waals surface area contributed by atoms with E-state index in [4.69, 9.17) is 5.21 Å². The Labute approximate surface area is 96.5 Å². The maximum absolute atomic E-state index is 11.5. The molecule has 0 radical (unpaired) electrons. The highest BCUT2D eigenvalue weighted by molar-refractivity contribution is 5.87. The first kappa shape index (κ1) is 13.0. The second kappa shape index (κ2) is 6.48. The molecule has 1 aliphatic rings. The van der Waals surface area contributed by atoms with Crippen molar-refractivity contribution in [2.45, 2.75) is 26.7 Å². The fourth-order valence-corrected chi connectivity index (χ4v) is 1.92. The van der Waals surface area contributed by atoms with Gasteiger partial charge in [0.2, 0.25) is 5.91 Å². The van der Waals surface area contributed by atoms with Crippen LogP contribution in [-0.2, 0) is 4.79 Å². The number of nitrogens with zero attached hydrogens (tertiary/aromatic N) is 2. The minimum Gasteiger partial charge on any atom is -0.411 e. The first-order valence-corrected chi connectivity index (χ1v) is 5.87. The van der Waals surface area contributed by atoms with Crippen LogP contribution in [0.2, 0.25) is 0 Å². The Balaban J connectivity index is 2.32. The molecule has 0 aromatic carbocycles. The highest BCUT2D eigenvalue weighted by Crippen LogP contribution is 2.13. The molecule has 0 bridgehead atoms. The van der Waals surface area contributed by atoms with Crippen LogP contribution < -0.4 is 5.32 Å². The predicted molar refractivity (Wildman–Crippen MR) is 62.7 cm³/mol. The van der Waals surface area contributed by atoms with Gasteiger partial charge in [0.1, 0.15) is 0 Å². The number of nitrogens with one attached hydrogen (secondary N) is 1. The van der Waals surface area contributed by atoms with Crippen LogP contribution in [0.3, 0.4) is 0 Å². The lowest BCUT2D eigenvalue weighted by Crippen LogP contribution is -2.45. The van der Waals surface area contributed by atoms with E-state index in [9.17, 15) is 4.79 Å². The SMILES string of the molecule is CCCNC(=O)CN1CCC(=NO)C(C)C1. The van der Waals surface area contributed by atoms with Gasteiger partial charge in [-0.3, -0.25) is 9.69 Å². The van der Waals surface area contributed by atoms with Gasteiger partial charge >= 0.3 is 0 Å². The Hall–Kier alpha value is -1.10. The van der Waals surface area contributed by atoms with Crippen LogP contribution in [0.15, 0.2) is 5.16 Å². The average molecular weight is 227 g/mol. The first-order valence-electron chi connectivity index (χ1n) is 5.87. The van der Waals surface area contributed by atoms with Crippen molar-refractivity contribution in [2.24, 2.45) is 11.1 Å². The zero-order chi connectivity index (χ0) is 12.0. The molecule has 0 aromatic heterocycles. The van der Waals surface area contributed by atoms with Crippen molar-refractivity contribution in [3.05, 3.63) is 0 Å². The highest BCUT2D eigenvalue weighted by Gasteiger charge is 2.23. The lowest BCUT2D eigenvalue weighted by molar-refractivity contribution is -0.122. The summed E-state index contributed by atoms with van der Waals surface area (Å²) < 4.78 is 0. The van der Waals surface area contributed by atoms with Gasteiger partial charge in [-0.2, -0.15) is 0 Å². The van der Waals surface area contributed by atoms with Crippen LogP contribution in [-0.4, -0.2) is 47.9 Å².